The van der Waals surface area contributed by atoms with Crippen LogP contribution in [0.2, 0.25) is 0 Å². The molecular formula is C10H11ClF2N2O2. The van der Waals surface area contributed by atoms with Crippen molar-refractivity contribution in [2.24, 2.45) is 0 Å². The molecule has 0 amide bonds. The number of aromatic nitrogens is 1. The molecule has 0 spiro atoms. The second kappa shape index (κ2) is 5.77. The number of carbonyl (C=O) groups is 1. The molecule has 0 unspecified atom stereocenters. The third-order valence-corrected chi connectivity index (χ3v) is 2.28. The van der Waals surface area contributed by atoms with Gasteiger partial charge in [-0.05, 0) is 13.0 Å². The topological polar surface area (TPSA) is 65.2 Å². The Balaban J connectivity index is 3.24. The van der Waals surface area contributed by atoms with Crippen LogP contribution in [0, 0.1) is 0 Å². The van der Waals surface area contributed by atoms with Gasteiger partial charge in [0.05, 0.1) is 12.5 Å². The monoisotopic (exact) mass is 264 g/mol. The SMILES string of the molecule is CCOC(=O)c1cc(N)c(CCl)c(C(F)F)n1. The largest absolute Gasteiger partial charge is 0.461 e. The summed E-state index contributed by atoms with van der Waals surface area (Å²) in [4.78, 5) is 14.9. The van der Waals surface area contributed by atoms with Crippen molar-refractivity contribution in [3.63, 3.8) is 0 Å². The normalized spacial score (nSPS) is 10.6. The molecule has 0 bridgehead atoms. The summed E-state index contributed by atoms with van der Waals surface area (Å²) >= 11 is 5.50. The van der Waals surface area contributed by atoms with E-state index in [0.29, 0.717) is 0 Å². The number of nitrogens with two attached hydrogens (primary N) is 1. The highest BCUT2D eigenvalue weighted by atomic mass is 35.5. The molecule has 0 aromatic carbocycles. The Morgan fingerprint density at radius 1 is 1.65 bits per heavy atom. The molecule has 0 saturated carbocycles. The predicted molar refractivity (Wildman–Crippen MR) is 59.1 cm³/mol. The maximum Gasteiger partial charge on any atom is 0.357 e. The molecule has 1 heterocycles. The number of esters is 1. The van der Waals surface area contributed by atoms with Crippen LogP contribution < -0.4 is 5.73 Å². The molecule has 0 aliphatic rings. The second-order valence-electron chi connectivity index (χ2n) is 3.12. The number of halogens is 3. The highest BCUT2D eigenvalue weighted by molar-refractivity contribution is 6.17. The fourth-order valence-electron chi connectivity index (χ4n) is 1.25. The minimum Gasteiger partial charge on any atom is -0.461 e. The van der Waals surface area contributed by atoms with E-state index in [-0.39, 0.29) is 29.4 Å². The van der Waals surface area contributed by atoms with Crippen molar-refractivity contribution in [1.29, 1.82) is 0 Å². The number of pyridine rings is 1. The molecule has 0 atom stereocenters. The van der Waals surface area contributed by atoms with Gasteiger partial charge in [-0.25, -0.2) is 18.6 Å². The number of hydrogen-bond acceptors (Lipinski definition) is 4. The smallest absolute Gasteiger partial charge is 0.357 e. The third-order valence-electron chi connectivity index (χ3n) is 2.02. The van der Waals surface area contributed by atoms with Crippen molar-refractivity contribution in [3.8, 4) is 0 Å². The van der Waals surface area contributed by atoms with Crippen LogP contribution in [-0.4, -0.2) is 17.6 Å². The molecule has 7 heteroatoms. The zero-order chi connectivity index (χ0) is 13.0. The van der Waals surface area contributed by atoms with Gasteiger partial charge in [0.2, 0.25) is 0 Å². The summed E-state index contributed by atoms with van der Waals surface area (Å²) in [5, 5.41) is 0. The lowest BCUT2D eigenvalue weighted by Crippen LogP contribution is -2.12. The molecule has 94 valence electrons. The van der Waals surface area contributed by atoms with Crippen LogP contribution in [0.3, 0.4) is 0 Å². The van der Waals surface area contributed by atoms with E-state index < -0.39 is 18.1 Å². The van der Waals surface area contributed by atoms with E-state index in [4.69, 9.17) is 17.3 Å². The Labute approximate surface area is 102 Å². The molecular weight excluding hydrogens is 254 g/mol. The van der Waals surface area contributed by atoms with Crippen molar-refractivity contribution < 1.29 is 18.3 Å². The molecule has 0 saturated heterocycles. The van der Waals surface area contributed by atoms with Crippen LogP contribution in [0.5, 0.6) is 0 Å². The highest BCUT2D eigenvalue weighted by Crippen LogP contribution is 2.27. The van der Waals surface area contributed by atoms with Gasteiger partial charge in [-0.15, -0.1) is 11.6 Å². The predicted octanol–water partition coefficient (Wildman–Crippen LogP) is 2.52. The summed E-state index contributed by atoms with van der Waals surface area (Å²) in [6.45, 7) is 1.73. The van der Waals surface area contributed by atoms with E-state index >= 15 is 0 Å². The minimum atomic E-state index is -2.85. The zero-order valence-corrected chi connectivity index (χ0v) is 9.80. The Hall–Kier alpha value is -1.43. The van der Waals surface area contributed by atoms with Crippen LogP contribution in [0.15, 0.2) is 6.07 Å². The average molecular weight is 265 g/mol. The van der Waals surface area contributed by atoms with Crippen molar-refractivity contribution in [2.45, 2.75) is 19.2 Å². The average Bonchev–Trinajstić information content (AvgIpc) is 2.28. The van der Waals surface area contributed by atoms with E-state index in [0.717, 1.165) is 0 Å². The molecule has 17 heavy (non-hydrogen) atoms. The lowest BCUT2D eigenvalue weighted by molar-refractivity contribution is 0.0518. The summed E-state index contributed by atoms with van der Waals surface area (Å²) in [7, 11) is 0. The number of alkyl halides is 3. The van der Waals surface area contributed by atoms with Crippen molar-refractivity contribution in [3.05, 3.63) is 23.0 Å². The van der Waals surface area contributed by atoms with Gasteiger partial charge in [-0.3, -0.25) is 0 Å². The lowest BCUT2D eigenvalue weighted by Gasteiger charge is -2.10. The number of ether oxygens (including phenoxy) is 1. The fraction of sp³-hybridized carbons (Fsp3) is 0.400. The van der Waals surface area contributed by atoms with Gasteiger partial charge in [0.1, 0.15) is 5.69 Å². The van der Waals surface area contributed by atoms with Gasteiger partial charge in [-0.1, -0.05) is 0 Å². The van der Waals surface area contributed by atoms with Crippen LogP contribution in [0.1, 0.15) is 35.1 Å². The summed E-state index contributed by atoms with van der Waals surface area (Å²) in [6.07, 6.45) is -2.85. The van der Waals surface area contributed by atoms with Crippen molar-refractivity contribution in [2.75, 3.05) is 12.3 Å². The van der Waals surface area contributed by atoms with Gasteiger partial charge < -0.3 is 10.5 Å². The van der Waals surface area contributed by atoms with Gasteiger partial charge >= 0.3 is 5.97 Å². The number of carbonyl (C=O) groups excluding carboxylic acids is 1. The molecule has 0 aliphatic heterocycles. The highest BCUT2D eigenvalue weighted by Gasteiger charge is 2.21. The van der Waals surface area contributed by atoms with Crippen molar-refractivity contribution >= 4 is 23.3 Å². The Morgan fingerprint density at radius 3 is 2.76 bits per heavy atom. The van der Waals surface area contributed by atoms with Gasteiger partial charge in [0, 0.05) is 11.3 Å². The Kier molecular flexibility index (Phi) is 4.62. The zero-order valence-electron chi connectivity index (χ0n) is 9.04. The van der Waals surface area contributed by atoms with Crippen LogP contribution in [0.25, 0.3) is 0 Å². The van der Waals surface area contributed by atoms with Crippen molar-refractivity contribution in [1.82, 2.24) is 4.98 Å². The maximum absolute atomic E-state index is 12.7. The molecule has 2 N–H and O–H groups in total. The van der Waals surface area contributed by atoms with E-state index in [1.165, 1.54) is 6.07 Å². The number of hydrogen-bond donors (Lipinski definition) is 1. The Morgan fingerprint density at radius 2 is 2.29 bits per heavy atom. The first kappa shape index (κ1) is 13.6. The fourth-order valence-corrected chi connectivity index (χ4v) is 1.54. The Bertz CT molecular complexity index is 427. The first-order valence-corrected chi connectivity index (χ1v) is 5.35. The summed E-state index contributed by atoms with van der Waals surface area (Å²) < 4.78 is 30.0. The van der Waals surface area contributed by atoms with Crippen LogP contribution in [-0.2, 0) is 10.6 Å². The van der Waals surface area contributed by atoms with E-state index in [1.807, 2.05) is 0 Å². The molecule has 1 aromatic rings. The molecule has 0 fully saturated rings. The quantitative estimate of drug-likeness (QED) is 0.670. The van der Waals surface area contributed by atoms with Crippen LogP contribution in [0.4, 0.5) is 14.5 Å². The minimum absolute atomic E-state index is 0.00773. The maximum atomic E-state index is 12.7. The van der Waals surface area contributed by atoms with Crippen LogP contribution >= 0.6 is 11.6 Å². The van der Waals surface area contributed by atoms with E-state index in [9.17, 15) is 13.6 Å². The number of rotatable bonds is 4. The third kappa shape index (κ3) is 3.03. The van der Waals surface area contributed by atoms with Gasteiger partial charge in [0.15, 0.2) is 5.69 Å². The lowest BCUT2D eigenvalue weighted by atomic mass is 10.1. The molecule has 0 aliphatic carbocycles. The summed E-state index contributed by atoms with van der Waals surface area (Å²) in [5.74, 6) is -0.982. The van der Waals surface area contributed by atoms with E-state index in [2.05, 4.69) is 9.72 Å². The summed E-state index contributed by atoms with van der Waals surface area (Å²) in [5.41, 5.74) is 4.76. The second-order valence-corrected chi connectivity index (χ2v) is 3.38. The molecule has 1 aromatic heterocycles. The number of anilines is 1. The molecule has 4 nitrogen and oxygen atoms in total. The van der Waals surface area contributed by atoms with Gasteiger partial charge in [-0.2, -0.15) is 0 Å². The number of nitrogens with zero attached hydrogens (tertiary/aromatic N) is 1. The van der Waals surface area contributed by atoms with E-state index in [1.54, 1.807) is 6.92 Å². The first-order chi connectivity index (χ1) is 8.01. The van der Waals surface area contributed by atoms with Gasteiger partial charge in [0.25, 0.3) is 6.43 Å². The number of nitrogen functional groups attached to an aromatic ring is 1. The molecule has 1 rings (SSSR count). The molecule has 0 radical (unpaired) electrons. The first-order valence-electron chi connectivity index (χ1n) is 4.81. The standard InChI is InChI=1S/C10H11ClF2N2O2/c1-2-17-10(16)7-3-6(14)5(4-11)8(15-7)9(12)13/h3,9H,2,4H2,1H3,(H2,14,15). The summed E-state index contributed by atoms with van der Waals surface area (Å²) in [6, 6.07) is 1.18.